The molecule has 1 aromatic heterocycles. The Kier molecular flexibility index (Phi) is 7.42. The number of nitrogens with one attached hydrogen (secondary N) is 2. The van der Waals surface area contributed by atoms with Crippen LogP contribution in [0.2, 0.25) is 0 Å². The van der Waals surface area contributed by atoms with Crippen LogP contribution in [0.4, 0.5) is 24.9 Å². The second-order valence-corrected chi connectivity index (χ2v) is 8.23. The smallest absolute Gasteiger partial charge is 0.406 e. The Morgan fingerprint density at radius 1 is 1.12 bits per heavy atom. The van der Waals surface area contributed by atoms with Crippen molar-refractivity contribution >= 4 is 17.7 Å². The van der Waals surface area contributed by atoms with Crippen molar-refractivity contribution in [3.63, 3.8) is 0 Å². The number of amides is 1. The maximum atomic E-state index is 12.4. The first-order valence-electron chi connectivity index (χ1n) is 10.5. The van der Waals surface area contributed by atoms with E-state index in [4.69, 9.17) is 0 Å². The molecule has 0 aliphatic heterocycles. The zero-order chi connectivity index (χ0) is 23.3. The lowest BCUT2D eigenvalue weighted by atomic mass is 9.86. The van der Waals surface area contributed by atoms with E-state index in [1.165, 1.54) is 12.1 Å². The van der Waals surface area contributed by atoms with Gasteiger partial charge in [0.05, 0.1) is 0 Å². The summed E-state index contributed by atoms with van der Waals surface area (Å²) in [7, 11) is 3.87. The summed E-state index contributed by atoms with van der Waals surface area (Å²) in [4.78, 5) is 23.3. The average Bonchev–Trinajstić information content (AvgIpc) is 2.72. The van der Waals surface area contributed by atoms with E-state index in [0.717, 1.165) is 55.9 Å². The molecule has 1 aromatic carbocycles. The highest BCUT2D eigenvalue weighted by molar-refractivity contribution is 5.94. The Labute approximate surface area is 185 Å². The van der Waals surface area contributed by atoms with E-state index in [2.05, 4.69) is 25.3 Å². The molecule has 7 nitrogen and oxygen atoms in total. The lowest BCUT2D eigenvalue weighted by molar-refractivity contribution is -0.274. The maximum absolute atomic E-state index is 12.4. The van der Waals surface area contributed by atoms with Gasteiger partial charge in [0.25, 0.3) is 5.91 Å². The van der Waals surface area contributed by atoms with Crippen LogP contribution in [0.3, 0.4) is 0 Å². The van der Waals surface area contributed by atoms with Gasteiger partial charge in [0.1, 0.15) is 11.6 Å². The molecule has 10 heteroatoms. The lowest BCUT2D eigenvalue weighted by Crippen LogP contribution is -2.38. The predicted molar refractivity (Wildman–Crippen MR) is 116 cm³/mol. The highest BCUT2D eigenvalue weighted by atomic mass is 19.4. The van der Waals surface area contributed by atoms with Gasteiger partial charge in [-0.3, -0.25) is 4.79 Å². The zero-order valence-corrected chi connectivity index (χ0v) is 18.4. The Balaban J connectivity index is 1.44. The van der Waals surface area contributed by atoms with Crippen LogP contribution in [0.25, 0.3) is 0 Å². The topological polar surface area (TPSA) is 79.4 Å². The summed E-state index contributed by atoms with van der Waals surface area (Å²) < 4.78 is 40.6. The monoisotopic (exact) mass is 451 g/mol. The Morgan fingerprint density at radius 3 is 2.38 bits per heavy atom. The highest BCUT2D eigenvalue weighted by Gasteiger charge is 2.31. The number of hydrogen-bond donors (Lipinski definition) is 2. The zero-order valence-electron chi connectivity index (χ0n) is 18.4. The second kappa shape index (κ2) is 10.1. The summed E-state index contributed by atoms with van der Waals surface area (Å²) in [6, 6.07) is 6.90. The number of hydrogen-bond acceptors (Lipinski definition) is 6. The Hall–Kier alpha value is -3.04. The fourth-order valence-electron chi connectivity index (χ4n) is 3.68. The van der Waals surface area contributed by atoms with E-state index >= 15 is 0 Å². The van der Waals surface area contributed by atoms with E-state index in [1.807, 2.05) is 32.0 Å². The normalized spacial score (nSPS) is 18.7. The third-order valence-corrected chi connectivity index (χ3v) is 5.38. The van der Waals surface area contributed by atoms with E-state index in [-0.39, 0.29) is 17.7 Å². The molecule has 0 radical (unpaired) electrons. The molecule has 2 N–H and O–H groups in total. The summed E-state index contributed by atoms with van der Waals surface area (Å²) in [6.07, 6.45) is -1.18. The number of carbonyl (C=O) groups excluding carboxylic acids is 1. The van der Waals surface area contributed by atoms with Crippen molar-refractivity contribution < 1.29 is 22.7 Å². The minimum absolute atomic E-state index is 0.0421. The maximum Gasteiger partial charge on any atom is 0.573 e. The van der Waals surface area contributed by atoms with Crippen LogP contribution in [-0.4, -0.2) is 48.9 Å². The average molecular weight is 451 g/mol. The molecule has 1 aliphatic carbocycles. The second-order valence-electron chi connectivity index (χ2n) is 8.23. The van der Waals surface area contributed by atoms with Gasteiger partial charge in [-0.1, -0.05) is 0 Å². The van der Waals surface area contributed by atoms with Gasteiger partial charge in [-0.2, -0.15) is 4.98 Å². The molecular weight excluding hydrogens is 423 g/mol. The van der Waals surface area contributed by atoms with Crippen LogP contribution in [0.1, 0.15) is 41.7 Å². The van der Waals surface area contributed by atoms with Crippen LogP contribution >= 0.6 is 0 Å². The van der Waals surface area contributed by atoms with Gasteiger partial charge in [0.2, 0.25) is 5.95 Å². The number of halogens is 3. The van der Waals surface area contributed by atoms with Crippen LogP contribution in [-0.2, 0) is 0 Å². The summed E-state index contributed by atoms with van der Waals surface area (Å²) in [5.74, 6) is 1.27. The van der Waals surface area contributed by atoms with E-state index in [9.17, 15) is 18.0 Å². The molecular formula is C22H28F3N5O2. The number of aryl methyl sites for hydroxylation is 1. The first-order chi connectivity index (χ1) is 15.1. The fourth-order valence-corrected chi connectivity index (χ4v) is 3.68. The van der Waals surface area contributed by atoms with Crippen molar-refractivity contribution in [1.29, 1.82) is 0 Å². The van der Waals surface area contributed by atoms with E-state index in [0.29, 0.717) is 17.4 Å². The number of nitrogens with zero attached hydrogens (tertiary/aromatic N) is 3. The van der Waals surface area contributed by atoms with E-state index in [1.54, 1.807) is 0 Å². The number of carbonyl (C=O) groups is 1. The van der Waals surface area contributed by atoms with Gasteiger partial charge in [0, 0.05) is 44.0 Å². The van der Waals surface area contributed by atoms with Crippen molar-refractivity contribution in [2.75, 3.05) is 30.9 Å². The molecule has 32 heavy (non-hydrogen) atoms. The number of anilines is 2. The van der Waals surface area contributed by atoms with Gasteiger partial charge in [-0.25, -0.2) is 4.98 Å². The van der Waals surface area contributed by atoms with Gasteiger partial charge in [-0.15, -0.1) is 13.2 Å². The molecule has 0 atom stereocenters. The summed E-state index contributed by atoms with van der Waals surface area (Å²) in [5.41, 5.74) is 1.20. The number of alkyl halides is 3. The molecule has 0 spiro atoms. The molecule has 1 fully saturated rings. The van der Waals surface area contributed by atoms with Crippen molar-refractivity contribution in [2.45, 2.75) is 45.0 Å². The Morgan fingerprint density at radius 2 is 1.78 bits per heavy atom. The van der Waals surface area contributed by atoms with Gasteiger partial charge < -0.3 is 20.3 Å². The molecule has 1 aliphatic rings. The predicted octanol–water partition coefficient (Wildman–Crippen LogP) is 4.15. The van der Waals surface area contributed by atoms with Crippen molar-refractivity contribution in [1.82, 2.24) is 15.3 Å². The number of benzene rings is 1. The third kappa shape index (κ3) is 7.00. The molecule has 174 valence electrons. The first kappa shape index (κ1) is 23.6. The third-order valence-electron chi connectivity index (χ3n) is 5.38. The molecule has 1 amide bonds. The number of aromatic nitrogens is 2. The van der Waals surface area contributed by atoms with Crippen LogP contribution in [0, 0.1) is 12.8 Å². The lowest BCUT2D eigenvalue weighted by Gasteiger charge is -2.29. The molecule has 0 bridgehead atoms. The van der Waals surface area contributed by atoms with Crippen molar-refractivity contribution in [2.24, 2.45) is 5.92 Å². The minimum Gasteiger partial charge on any atom is -0.406 e. The van der Waals surface area contributed by atoms with Crippen molar-refractivity contribution in [3.05, 3.63) is 41.6 Å². The van der Waals surface area contributed by atoms with Crippen LogP contribution in [0.15, 0.2) is 30.3 Å². The highest BCUT2D eigenvalue weighted by Crippen LogP contribution is 2.26. The number of ether oxygens (including phenoxy) is 1. The van der Waals surface area contributed by atoms with E-state index < -0.39 is 6.36 Å². The largest absolute Gasteiger partial charge is 0.573 e. The van der Waals surface area contributed by atoms with Crippen molar-refractivity contribution in [3.8, 4) is 5.75 Å². The molecule has 2 aromatic rings. The summed E-state index contributed by atoms with van der Waals surface area (Å²) >= 11 is 0. The van der Waals surface area contributed by atoms with Gasteiger partial charge >= 0.3 is 6.36 Å². The standard InChI is InChI=1S/C22H28F3N5O2/c1-14-12-19(30(2)3)29-21(27-14)26-13-15-4-8-17(9-5-15)28-20(31)16-6-10-18(11-7-16)32-22(23,24)25/h6-7,10-12,15,17H,4-5,8-9,13H2,1-3H3,(H,28,31)(H,26,27,29). The quantitative estimate of drug-likeness (QED) is 0.659. The molecule has 0 saturated heterocycles. The van der Waals surface area contributed by atoms with Gasteiger partial charge in [0.15, 0.2) is 0 Å². The molecule has 0 unspecified atom stereocenters. The fraction of sp³-hybridized carbons (Fsp3) is 0.500. The molecule has 1 saturated carbocycles. The summed E-state index contributed by atoms with van der Waals surface area (Å²) in [6.45, 7) is 2.70. The molecule has 1 heterocycles. The number of rotatable bonds is 7. The molecule has 3 rings (SSSR count). The summed E-state index contributed by atoms with van der Waals surface area (Å²) in [5, 5.41) is 6.30. The minimum atomic E-state index is -4.75. The van der Waals surface area contributed by atoms with Crippen LogP contribution in [0.5, 0.6) is 5.75 Å². The Bertz CT molecular complexity index is 911. The first-order valence-corrected chi connectivity index (χ1v) is 10.5. The SMILES string of the molecule is Cc1cc(N(C)C)nc(NCC2CCC(NC(=O)c3ccc(OC(F)(F)F)cc3)CC2)n1. The van der Waals surface area contributed by atoms with Gasteiger partial charge in [-0.05, 0) is 62.8 Å². The van der Waals surface area contributed by atoms with Crippen LogP contribution < -0.4 is 20.3 Å².